The smallest absolute Gasteiger partial charge is 0.269 e. The summed E-state index contributed by atoms with van der Waals surface area (Å²) < 4.78 is 29.4. The van der Waals surface area contributed by atoms with Crippen molar-refractivity contribution < 1.29 is 18.4 Å². The lowest BCUT2D eigenvalue weighted by atomic mass is 9.88. The van der Waals surface area contributed by atoms with Gasteiger partial charge in [0, 0.05) is 39.0 Å². The van der Waals surface area contributed by atoms with Gasteiger partial charge in [0.2, 0.25) is 10.0 Å². The molecule has 0 bridgehead atoms. The number of hydrogen-bond donors (Lipinski definition) is 1. The van der Waals surface area contributed by atoms with Crippen molar-refractivity contribution in [3.63, 3.8) is 0 Å². The number of non-ortho nitro benzene ring substituents is 1. The first-order valence-electron chi connectivity index (χ1n) is 12.2. The Bertz CT molecular complexity index is 1090. The number of nitro groups is 1. The van der Waals surface area contributed by atoms with Crippen LogP contribution in [0.5, 0.6) is 0 Å². The van der Waals surface area contributed by atoms with Gasteiger partial charge in [-0.1, -0.05) is 51.7 Å². The van der Waals surface area contributed by atoms with Gasteiger partial charge in [-0.05, 0) is 48.6 Å². The SMILES string of the molecule is CCCCC(CO)(CCCC)N(C)S(=O)(=O)c1ccc(N(C)C)cc1Cc1cccc([N+](=O)[O-])c1. The highest BCUT2D eigenvalue weighted by Gasteiger charge is 2.41. The summed E-state index contributed by atoms with van der Waals surface area (Å²) in [5.41, 5.74) is 1.12. The van der Waals surface area contributed by atoms with E-state index in [1.54, 1.807) is 31.3 Å². The number of likely N-dealkylation sites (N-methyl/N-ethyl adjacent to an activating group) is 1. The maximum Gasteiger partial charge on any atom is 0.269 e. The number of aliphatic hydroxyl groups excluding tert-OH is 1. The first-order chi connectivity index (χ1) is 16.5. The normalized spacial score (nSPS) is 12.2. The fraction of sp³-hybridized carbons (Fsp3) is 0.538. The number of nitro benzene ring substituents is 1. The largest absolute Gasteiger partial charge is 0.394 e. The Morgan fingerprint density at radius 3 is 2.14 bits per heavy atom. The quantitative estimate of drug-likeness (QED) is 0.287. The molecule has 0 aliphatic heterocycles. The van der Waals surface area contributed by atoms with Gasteiger partial charge in [-0.3, -0.25) is 10.1 Å². The molecule has 0 saturated heterocycles. The van der Waals surface area contributed by atoms with Gasteiger partial charge in [-0.15, -0.1) is 0 Å². The molecule has 1 N–H and O–H groups in total. The van der Waals surface area contributed by atoms with E-state index in [2.05, 4.69) is 0 Å². The topological polar surface area (TPSA) is 104 Å². The van der Waals surface area contributed by atoms with Gasteiger partial charge in [0.15, 0.2) is 0 Å². The molecule has 0 heterocycles. The first-order valence-corrected chi connectivity index (χ1v) is 13.6. The van der Waals surface area contributed by atoms with E-state index in [1.165, 1.54) is 16.4 Å². The van der Waals surface area contributed by atoms with Crippen LogP contribution in [0, 0.1) is 10.1 Å². The van der Waals surface area contributed by atoms with Crippen LogP contribution in [0.15, 0.2) is 47.4 Å². The lowest BCUT2D eigenvalue weighted by Gasteiger charge is -2.40. The molecule has 194 valence electrons. The van der Waals surface area contributed by atoms with Crippen molar-refractivity contribution in [3.05, 3.63) is 63.7 Å². The van der Waals surface area contributed by atoms with Crippen LogP contribution in [0.2, 0.25) is 0 Å². The molecule has 2 aromatic rings. The fourth-order valence-corrected chi connectivity index (χ4v) is 6.09. The molecule has 0 spiro atoms. The average molecular weight is 506 g/mol. The molecule has 2 rings (SSSR count). The van der Waals surface area contributed by atoms with Gasteiger partial charge >= 0.3 is 0 Å². The maximum absolute atomic E-state index is 14.0. The molecule has 0 unspecified atom stereocenters. The third-order valence-electron chi connectivity index (χ3n) is 6.67. The molecule has 2 aromatic carbocycles. The second-order valence-electron chi connectivity index (χ2n) is 9.35. The second kappa shape index (κ2) is 12.5. The molecule has 0 radical (unpaired) electrons. The molecule has 0 saturated carbocycles. The zero-order chi connectivity index (χ0) is 26.2. The van der Waals surface area contributed by atoms with Gasteiger partial charge in [-0.25, -0.2) is 8.42 Å². The van der Waals surface area contributed by atoms with E-state index >= 15 is 0 Å². The van der Waals surface area contributed by atoms with E-state index in [0.717, 1.165) is 31.4 Å². The van der Waals surface area contributed by atoms with E-state index in [-0.39, 0.29) is 23.6 Å². The average Bonchev–Trinajstić information content (AvgIpc) is 2.84. The number of aliphatic hydroxyl groups is 1. The van der Waals surface area contributed by atoms with Crippen molar-refractivity contribution in [2.45, 2.75) is 69.2 Å². The van der Waals surface area contributed by atoms with Crippen molar-refractivity contribution in [3.8, 4) is 0 Å². The van der Waals surface area contributed by atoms with Crippen molar-refractivity contribution in [1.82, 2.24) is 4.31 Å². The van der Waals surface area contributed by atoms with Crippen molar-refractivity contribution in [1.29, 1.82) is 0 Å². The highest BCUT2D eigenvalue weighted by atomic mass is 32.2. The Morgan fingerprint density at radius 1 is 1.00 bits per heavy atom. The van der Waals surface area contributed by atoms with Crippen LogP contribution in [0.1, 0.15) is 63.5 Å². The summed E-state index contributed by atoms with van der Waals surface area (Å²) in [6.45, 7) is 3.85. The summed E-state index contributed by atoms with van der Waals surface area (Å²) in [5, 5.41) is 21.7. The predicted octanol–water partition coefficient (Wildman–Crippen LogP) is 4.98. The lowest BCUT2D eigenvalue weighted by Crippen LogP contribution is -2.52. The van der Waals surface area contributed by atoms with Crippen LogP contribution in [0.4, 0.5) is 11.4 Å². The number of nitrogens with zero attached hydrogens (tertiary/aromatic N) is 3. The summed E-state index contributed by atoms with van der Waals surface area (Å²) in [4.78, 5) is 12.8. The minimum atomic E-state index is -3.97. The first kappa shape index (κ1) is 28.7. The third-order valence-corrected chi connectivity index (χ3v) is 8.73. The van der Waals surface area contributed by atoms with Gasteiger partial charge in [0.05, 0.1) is 22.0 Å². The van der Waals surface area contributed by atoms with Gasteiger partial charge in [0.25, 0.3) is 5.69 Å². The summed E-state index contributed by atoms with van der Waals surface area (Å²) >= 11 is 0. The van der Waals surface area contributed by atoms with Gasteiger partial charge in [0.1, 0.15) is 0 Å². The van der Waals surface area contributed by atoms with Gasteiger partial charge in [-0.2, -0.15) is 4.31 Å². The van der Waals surface area contributed by atoms with Crippen LogP contribution in [-0.4, -0.2) is 56.0 Å². The summed E-state index contributed by atoms with van der Waals surface area (Å²) in [6, 6.07) is 11.4. The molecule has 8 nitrogen and oxygen atoms in total. The lowest BCUT2D eigenvalue weighted by molar-refractivity contribution is -0.384. The maximum atomic E-state index is 14.0. The molecule has 0 fully saturated rings. The number of unbranched alkanes of at least 4 members (excludes halogenated alkanes) is 2. The van der Waals surface area contributed by atoms with Crippen molar-refractivity contribution >= 4 is 21.4 Å². The van der Waals surface area contributed by atoms with Crippen molar-refractivity contribution in [2.24, 2.45) is 0 Å². The molecule has 0 aliphatic rings. The van der Waals surface area contributed by atoms with E-state index < -0.39 is 20.5 Å². The number of benzene rings is 2. The van der Waals surface area contributed by atoms with Gasteiger partial charge < -0.3 is 10.0 Å². The van der Waals surface area contributed by atoms with E-state index in [4.69, 9.17) is 0 Å². The molecular weight excluding hydrogens is 466 g/mol. The molecule has 35 heavy (non-hydrogen) atoms. The Labute approximate surface area is 209 Å². The predicted molar refractivity (Wildman–Crippen MR) is 140 cm³/mol. The van der Waals surface area contributed by atoms with E-state index in [0.29, 0.717) is 24.0 Å². The molecule has 0 atom stereocenters. The highest BCUT2D eigenvalue weighted by Crippen LogP contribution is 2.35. The minimum absolute atomic E-state index is 0.0359. The monoisotopic (exact) mass is 505 g/mol. The molecule has 9 heteroatoms. The zero-order valence-corrected chi connectivity index (χ0v) is 22.3. The van der Waals surface area contributed by atoms with Crippen LogP contribution >= 0.6 is 0 Å². The Morgan fingerprint density at radius 2 is 1.63 bits per heavy atom. The Kier molecular flexibility index (Phi) is 10.2. The van der Waals surface area contributed by atoms with Crippen LogP contribution in [0.25, 0.3) is 0 Å². The Hall–Kier alpha value is -2.49. The molecule has 0 aliphatic carbocycles. The summed E-state index contributed by atoms with van der Waals surface area (Å²) in [6.07, 6.45) is 4.79. The van der Waals surface area contributed by atoms with E-state index in [9.17, 15) is 23.6 Å². The third kappa shape index (κ3) is 6.80. The summed E-state index contributed by atoms with van der Waals surface area (Å²) in [7, 11) is 1.34. The molecular formula is C26H39N3O5S. The second-order valence-corrected chi connectivity index (χ2v) is 11.3. The van der Waals surface area contributed by atoms with Crippen LogP contribution in [0.3, 0.4) is 0 Å². The standard InChI is InChI=1S/C26H39N3O5S/c1-6-8-15-26(20-30,16-9-7-2)28(5)35(33,34)25-14-13-23(27(3)4)19-22(25)17-21-11-10-12-24(18-21)29(31)32/h10-14,18-19,30H,6-9,15-17,20H2,1-5H3. The summed E-state index contributed by atoms with van der Waals surface area (Å²) in [5.74, 6) is 0. The molecule has 0 aromatic heterocycles. The zero-order valence-electron chi connectivity index (χ0n) is 21.5. The minimum Gasteiger partial charge on any atom is -0.394 e. The molecule has 0 amide bonds. The number of anilines is 1. The number of sulfonamides is 1. The highest BCUT2D eigenvalue weighted by molar-refractivity contribution is 7.89. The Balaban J connectivity index is 2.61. The van der Waals surface area contributed by atoms with Crippen LogP contribution < -0.4 is 4.90 Å². The van der Waals surface area contributed by atoms with E-state index in [1.807, 2.05) is 38.9 Å². The fourth-order valence-electron chi connectivity index (χ4n) is 4.35. The number of hydrogen-bond acceptors (Lipinski definition) is 6. The number of rotatable bonds is 14. The van der Waals surface area contributed by atoms with Crippen LogP contribution in [-0.2, 0) is 16.4 Å². The van der Waals surface area contributed by atoms with Crippen molar-refractivity contribution in [2.75, 3.05) is 32.6 Å².